The zero-order valence-electron chi connectivity index (χ0n) is 16.1. The predicted octanol–water partition coefficient (Wildman–Crippen LogP) is 2.27. The lowest BCUT2D eigenvalue weighted by Crippen LogP contribution is -2.42. The molecule has 0 saturated carbocycles. The lowest BCUT2D eigenvalue weighted by Gasteiger charge is -2.24. The van der Waals surface area contributed by atoms with Crippen LogP contribution in [-0.2, 0) is 15.1 Å². The molecule has 0 bridgehead atoms. The van der Waals surface area contributed by atoms with Crippen molar-refractivity contribution >= 4 is 34.5 Å². The second-order valence-corrected chi connectivity index (χ2v) is 8.00. The fraction of sp³-hybridized carbons (Fsp3) is 0.400. The summed E-state index contributed by atoms with van der Waals surface area (Å²) in [7, 11) is 1.64. The highest BCUT2D eigenvalue weighted by atomic mass is 32.2. The summed E-state index contributed by atoms with van der Waals surface area (Å²) in [4.78, 5) is 30.9. The van der Waals surface area contributed by atoms with Gasteiger partial charge in [-0.25, -0.2) is 0 Å². The predicted molar refractivity (Wildman–Crippen MR) is 108 cm³/mol. The second-order valence-electron chi connectivity index (χ2n) is 7.00. The Morgan fingerprint density at radius 2 is 2.21 bits per heavy atom. The number of nitrogens with one attached hydrogen (secondary N) is 1. The van der Waals surface area contributed by atoms with E-state index in [1.54, 1.807) is 19.4 Å². The molecule has 1 aliphatic rings. The molecule has 0 aliphatic carbocycles. The van der Waals surface area contributed by atoms with Gasteiger partial charge in [-0.15, -0.1) is 11.8 Å². The number of rotatable bonds is 5. The average molecular weight is 398 g/mol. The SMILES string of the molecule is COC(C)(C)c1ccc2nccc(C(=O)NCC(=O)N3CSC[C@H]3C#N)c2c1. The lowest BCUT2D eigenvalue weighted by atomic mass is 9.95. The summed E-state index contributed by atoms with van der Waals surface area (Å²) >= 11 is 1.53. The second kappa shape index (κ2) is 8.17. The molecule has 1 aromatic carbocycles. The van der Waals surface area contributed by atoms with E-state index in [2.05, 4.69) is 16.4 Å². The van der Waals surface area contributed by atoms with Crippen LogP contribution in [0.3, 0.4) is 0 Å². The molecular formula is C20H22N4O3S. The van der Waals surface area contributed by atoms with Gasteiger partial charge in [-0.1, -0.05) is 6.07 Å². The van der Waals surface area contributed by atoms with Crippen molar-refractivity contribution in [1.82, 2.24) is 15.2 Å². The van der Waals surface area contributed by atoms with Gasteiger partial charge in [-0.05, 0) is 37.6 Å². The van der Waals surface area contributed by atoms with Gasteiger partial charge >= 0.3 is 0 Å². The largest absolute Gasteiger partial charge is 0.374 e. The Hall–Kier alpha value is -2.63. The molecule has 0 radical (unpaired) electrons. The number of amides is 2. The molecule has 3 rings (SSSR count). The third-order valence-electron chi connectivity index (χ3n) is 4.94. The van der Waals surface area contributed by atoms with Gasteiger partial charge in [0, 0.05) is 24.4 Å². The summed E-state index contributed by atoms with van der Waals surface area (Å²) in [5.41, 5.74) is 1.55. The van der Waals surface area contributed by atoms with Gasteiger partial charge in [-0.2, -0.15) is 5.26 Å². The van der Waals surface area contributed by atoms with Gasteiger partial charge in [0.15, 0.2) is 0 Å². The quantitative estimate of drug-likeness (QED) is 0.830. The number of nitriles is 1. The first-order valence-corrected chi connectivity index (χ1v) is 10.0. The Balaban J connectivity index is 1.80. The first kappa shape index (κ1) is 20.1. The third-order valence-corrected chi connectivity index (χ3v) is 5.96. The fourth-order valence-electron chi connectivity index (χ4n) is 2.98. The normalized spacial score (nSPS) is 16.8. The van der Waals surface area contributed by atoms with Crippen LogP contribution in [0.4, 0.5) is 0 Å². The van der Waals surface area contributed by atoms with Crippen molar-refractivity contribution in [1.29, 1.82) is 5.26 Å². The standard InChI is InChI=1S/C20H22N4O3S/c1-20(2,27-3)13-4-5-17-16(8-13)15(6-7-22-17)19(26)23-10-18(25)24-12-28-11-14(24)9-21/h4-8,14H,10-12H2,1-3H3,(H,23,26)/t14-/m1/s1. The first-order chi connectivity index (χ1) is 13.4. The van der Waals surface area contributed by atoms with Crippen molar-refractivity contribution in [3.8, 4) is 6.07 Å². The van der Waals surface area contributed by atoms with Gasteiger partial charge in [-0.3, -0.25) is 14.6 Å². The molecular weight excluding hydrogens is 376 g/mol. The van der Waals surface area contributed by atoms with E-state index in [9.17, 15) is 9.59 Å². The Bertz CT molecular complexity index is 954. The van der Waals surface area contributed by atoms with Gasteiger partial charge in [0.2, 0.25) is 5.91 Å². The van der Waals surface area contributed by atoms with Crippen LogP contribution in [0.25, 0.3) is 10.9 Å². The van der Waals surface area contributed by atoms with Crippen LogP contribution in [0.15, 0.2) is 30.5 Å². The Morgan fingerprint density at radius 3 is 2.93 bits per heavy atom. The number of nitrogens with zero attached hydrogens (tertiary/aromatic N) is 3. The Morgan fingerprint density at radius 1 is 1.43 bits per heavy atom. The molecule has 7 nitrogen and oxygen atoms in total. The summed E-state index contributed by atoms with van der Waals surface area (Å²) in [6.07, 6.45) is 1.57. The molecule has 0 spiro atoms. The zero-order chi connectivity index (χ0) is 20.3. The minimum Gasteiger partial charge on any atom is -0.374 e. The van der Waals surface area contributed by atoms with Crippen molar-refractivity contribution in [2.45, 2.75) is 25.5 Å². The summed E-state index contributed by atoms with van der Waals surface area (Å²) in [5, 5.41) is 12.5. The molecule has 146 valence electrons. The number of hydrogen-bond acceptors (Lipinski definition) is 6. The van der Waals surface area contributed by atoms with Gasteiger partial charge in [0.1, 0.15) is 6.04 Å². The van der Waals surface area contributed by atoms with Crippen molar-refractivity contribution in [2.75, 3.05) is 25.3 Å². The fourth-order valence-corrected chi connectivity index (χ4v) is 4.09. The number of ether oxygens (including phenoxy) is 1. The van der Waals surface area contributed by atoms with Crippen LogP contribution < -0.4 is 5.32 Å². The highest BCUT2D eigenvalue weighted by Crippen LogP contribution is 2.28. The zero-order valence-corrected chi connectivity index (χ0v) is 16.9. The van der Waals surface area contributed by atoms with Crippen molar-refractivity contribution in [3.63, 3.8) is 0 Å². The first-order valence-electron chi connectivity index (χ1n) is 8.87. The summed E-state index contributed by atoms with van der Waals surface area (Å²) < 4.78 is 5.53. The van der Waals surface area contributed by atoms with Gasteiger partial charge in [0.25, 0.3) is 5.91 Å². The monoisotopic (exact) mass is 398 g/mol. The van der Waals surface area contributed by atoms with Gasteiger partial charge < -0.3 is 15.0 Å². The highest BCUT2D eigenvalue weighted by molar-refractivity contribution is 7.99. The van der Waals surface area contributed by atoms with Crippen LogP contribution in [0.2, 0.25) is 0 Å². The number of methoxy groups -OCH3 is 1. The molecule has 1 N–H and O–H groups in total. The van der Waals surface area contributed by atoms with Crippen LogP contribution in [0.1, 0.15) is 29.8 Å². The van der Waals surface area contributed by atoms with Crippen LogP contribution in [0.5, 0.6) is 0 Å². The van der Waals surface area contributed by atoms with E-state index in [4.69, 9.17) is 10.00 Å². The molecule has 2 heterocycles. The van der Waals surface area contributed by atoms with E-state index in [1.807, 2.05) is 32.0 Å². The van der Waals surface area contributed by atoms with Gasteiger partial charge in [0.05, 0.1) is 35.2 Å². The topological polar surface area (TPSA) is 95.3 Å². The van der Waals surface area contributed by atoms with Crippen LogP contribution in [-0.4, -0.2) is 53.0 Å². The maximum Gasteiger partial charge on any atom is 0.252 e. The van der Waals surface area contributed by atoms with Crippen molar-refractivity contribution in [3.05, 3.63) is 41.6 Å². The number of thioether (sulfide) groups is 1. The molecule has 8 heteroatoms. The molecule has 1 aliphatic heterocycles. The number of carbonyl (C=O) groups excluding carboxylic acids is 2. The number of hydrogen-bond donors (Lipinski definition) is 1. The molecule has 1 saturated heterocycles. The molecule has 1 atom stereocenters. The average Bonchev–Trinajstić information content (AvgIpc) is 3.19. The molecule has 0 unspecified atom stereocenters. The van der Waals surface area contributed by atoms with Crippen molar-refractivity contribution in [2.24, 2.45) is 0 Å². The smallest absolute Gasteiger partial charge is 0.252 e. The number of fused-ring (bicyclic) bond motifs is 1. The van der Waals surface area contributed by atoms with E-state index in [1.165, 1.54) is 16.7 Å². The molecule has 1 aromatic heterocycles. The maximum absolute atomic E-state index is 12.7. The van der Waals surface area contributed by atoms with E-state index in [0.717, 1.165) is 5.56 Å². The Labute approximate surface area is 168 Å². The van der Waals surface area contributed by atoms with E-state index >= 15 is 0 Å². The molecule has 2 aromatic rings. The van der Waals surface area contributed by atoms with E-state index < -0.39 is 11.6 Å². The lowest BCUT2D eigenvalue weighted by molar-refractivity contribution is -0.129. The third kappa shape index (κ3) is 3.96. The van der Waals surface area contributed by atoms with E-state index in [0.29, 0.717) is 28.1 Å². The molecule has 28 heavy (non-hydrogen) atoms. The maximum atomic E-state index is 12.7. The van der Waals surface area contributed by atoms with E-state index in [-0.39, 0.29) is 18.4 Å². The minimum atomic E-state index is -0.506. The number of pyridine rings is 1. The number of aromatic nitrogens is 1. The summed E-state index contributed by atoms with van der Waals surface area (Å²) in [6, 6.07) is 8.99. The van der Waals surface area contributed by atoms with Crippen molar-refractivity contribution < 1.29 is 14.3 Å². The number of carbonyl (C=O) groups is 2. The molecule has 2 amide bonds. The summed E-state index contributed by atoms with van der Waals surface area (Å²) in [5.74, 6) is 0.460. The summed E-state index contributed by atoms with van der Waals surface area (Å²) in [6.45, 7) is 3.75. The minimum absolute atomic E-state index is 0.148. The molecule has 1 fully saturated rings. The Kier molecular flexibility index (Phi) is 5.87. The van der Waals surface area contributed by atoms with Crippen LogP contribution in [0, 0.1) is 11.3 Å². The van der Waals surface area contributed by atoms with Crippen LogP contribution >= 0.6 is 11.8 Å². The number of benzene rings is 1. The highest BCUT2D eigenvalue weighted by Gasteiger charge is 2.29.